The van der Waals surface area contributed by atoms with Gasteiger partial charge in [-0.1, -0.05) is 66.7 Å². The molecule has 0 aliphatic rings. The van der Waals surface area contributed by atoms with Gasteiger partial charge >= 0.3 is 5.97 Å². The molecule has 0 saturated heterocycles. The maximum Gasteiger partial charge on any atom is 0.360 e. The van der Waals surface area contributed by atoms with Crippen molar-refractivity contribution in [3.63, 3.8) is 0 Å². The van der Waals surface area contributed by atoms with Crippen molar-refractivity contribution in [3.05, 3.63) is 84.6 Å². The third-order valence-corrected chi connectivity index (χ3v) is 4.59. The number of anilines is 1. The van der Waals surface area contributed by atoms with E-state index in [4.69, 9.17) is 4.74 Å². The normalized spacial score (nSPS) is 11.8. The SMILES string of the molecule is CC(OC(=O)c1n[nH]c2ccccc12)C(=O)Nc1ccccc1-c1ccccc1. The Bertz CT molecular complexity index is 1170. The number of hydrogen-bond acceptors (Lipinski definition) is 4. The maximum atomic E-state index is 12.6. The van der Waals surface area contributed by atoms with Crippen molar-refractivity contribution in [2.24, 2.45) is 0 Å². The molecule has 4 rings (SSSR count). The predicted molar refractivity (Wildman–Crippen MR) is 111 cm³/mol. The number of fused-ring (bicyclic) bond motifs is 1. The molecule has 0 saturated carbocycles. The van der Waals surface area contributed by atoms with E-state index in [1.807, 2.05) is 72.8 Å². The number of aromatic amines is 1. The van der Waals surface area contributed by atoms with Gasteiger partial charge in [-0.25, -0.2) is 4.79 Å². The minimum absolute atomic E-state index is 0.157. The summed E-state index contributed by atoms with van der Waals surface area (Å²) >= 11 is 0. The van der Waals surface area contributed by atoms with E-state index >= 15 is 0 Å². The van der Waals surface area contributed by atoms with Gasteiger partial charge in [-0.3, -0.25) is 9.89 Å². The molecule has 6 heteroatoms. The zero-order chi connectivity index (χ0) is 20.2. The number of nitrogens with one attached hydrogen (secondary N) is 2. The summed E-state index contributed by atoms with van der Waals surface area (Å²) in [6.45, 7) is 1.53. The van der Waals surface area contributed by atoms with Gasteiger partial charge in [0.05, 0.1) is 5.52 Å². The smallest absolute Gasteiger partial charge is 0.360 e. The molecule has 3 aromatic carbocycles. The minimum Gasteiger partial charge on any atom is -0.448 e. The van der Waals surface area contributed by atoms with Gasteiger partial charge in [-0.2, -0.15) is 5.10 Å². The monoisotopic (exact) mass is 385 g/mol. The van der Waals surface area contributed by atoms with Crippen LogP contribution in [0.3, 0.4) is 0 Å². The van der Waals surface area contributed by atoms with E-state index < -0.39 is 18.0 Å². The van der Waals surface area contributed by atoms with Gasteiger partial charge in [0.2, 0.25) is 0 Å². The van der Waals surface area contributed by atoms with Crippen LogP contribution in [0.15, 0.2) is 78.9 Å². The second kappa shape index (κ2) is 7.98. The highest BCUT2D eigenvalue weighted by Crippen LogP contribution is 2.27. The lowest BCUT2D eigenvalue weighted by Gasteiger charge is -2.15. The van der Waals surface area contributed by atoms with Gasteiger partial charge in [0.25, 0.3) is 5.91 Å². The molecule has 4 aromatic rings. The summed E-state index contributed by atoms with van der Waals surface area (Å²) in [5.74, 6) is -1.07. The van der Waals surface area contributed by atoms with Crippen LogP contribution in [-0.4, -0.2) is 28.2 Å². The number of carbonyl (C=O) groups is 2. The number of hydrogen-bond donors (Lipinski definition) is 2. The van der Waals surface area contributed by atoms with Crippen LogP contribution >= 0.6 is 0 Å². The van der Waals surface area contributed by atoms with E-state index in [9.17, 15) is 9.59 Å². The first-order chi connectivity index (χ1) is 14.1. The van der Waals surface area contributed by atoms with Crippen molar-refractivity contribution in [2.75, 3.05) is 5.32 Å². The van der Waals surface area contributed by atoms with Gasteiger partial charge in [-0.05, 0) is 24.6 Å². The van der Waals surface area contributed by atoms with Crippen molar-refractivity contribution in [1.82, 2.24) is 10.2 Å². The number of aromatic nitrogens is 2. The number of H-pyrrole nitrogens is 1. The molecule has 1 heterocycles. The van der Waals surface area contributed by atoms with Crippen molar-refractivity contribution in [1.29, 1.82) is 0 Å². The van der Waals surface area contributed by atoms with Gasteiger partial charge in [-0.15, -0.1) is 0 Å². The molecular weight excluding hydrogens is 366 g/mol. The molecule has 6 nitrogen and oxygen atoms in total. The molecule has 1 atom stereocenters. The van der Waals surface area contributed by atoms with Crippen LogP contribution in [0, 0.1) is 0 Å². The van der Waals surface area contributed by atoms with Crippen LogP contribution in [0.25, 0.3) is 22.0 Å². The average Bonchev–Trinajstić information content (AvgIpc) is 3.19. The Morgan fingerprint density at radius 2 is 1.62 bits per heavy atom. The van der Waals surface area contributed by atoms with Gasteiger partial charge < -0.3 is 10.1 Å². The lowest BCUT2D eigenvalue weighted by atomic mass is 10.0. The molecular formula is C23H19N3O3. The molecule has 1 unspecified atom stereocenters. The Kier molecular flexibility index (Phi) is 5.07. The summed E-state index contributed by atoms with van der Waals surface area (Å²) < 4.78 is 5.35. The highest BCUT2D eigenvalue weighted by atomic mass is 16.5. The molecule has 29 heavy (non-hydrogen) atoms. The van der Waals surface area contributed by atoms with E-state index in [0.717, 1.165) is 16.6 Å². The van der Waals surface area contributed by atoms with E-state index in [0.29, 0.717) is 11.1 Å². The molecule has 144 valence electrons. The van der Waals surface area contributed by atoms with Crippen molar-refractivity contribution in [2.45, 2.75) is 13.0 Å². The number of nitrogens with zero attached hydrogens (tertiary/aromatic N) is 1. The number of esters is 1. The number of amides is 1. The van der Waals surface area contributed by atoms with E-state index in [1.165, 1.54) is 6.92 Å². The second-order valence-corrected chi connectivity index (χ2v) is 6.57. The minimum atomic E-state index is -0.984. The number of para-hydroxylation sites is 2. The topological polar surface area (TPSA) is 84.1 Å². The summed E-state index contributed by atoms with van der Waals surface area (Å²) in [5, 5.41) is 10.3. The fraction of sp³-hybridized carbons (Fsp3) is 0.0870. The summed E-state index contributed by atoms with van der Waals surface area (Å²) in [7, 11) is 0. The van der Waals surface area contributed by atoms with E-state index in [1.54, 1.807) is 6.07 Å². The molecule has 0 aliphatic heterocycles. The van der Waals surface area contributed by atoms with Crippen LogP contribution in [0.2, 0.25) is 0 Å². The summed E-state index contributed by atoms with van der Waals surface area (Å²) in [4.78, 5) is 25.1. The van der Waals surface area contributed by atoms with Crippen LogP contribution in [0.4, 0.5) is 5.69 Å². The zero-order valence-corrected chi connectivity index (χ0v) is 15.8. The maximum absolute atomic E-state index is 12.6. The number of ether oxygens (including phenoxy) is 1. The largest absolute Gasteiger partial charge is 0.448 e. The van der Waals surface area contributed by atoms with Gasteiger partial charge in [0, 0.05) is 16.6 Å². The number of benzene rings is 3. The fourth-order valence-corrected chi connectivity index (χ4v) is 3.08. The Morgan fingerprint density at radius 1 is 0.931 bits per heavy atom. The lowest BCUT2D eigenvalue weighted by Crippen LogP contribution is -2.30. The molecule has 0 fully saturated rings. The van der Waals surface area contributed by atoms with E-state index in [2.05, 4.69) is 15.5 Å². The first kappa shape index (κ1) is 18.4. The van der Waals surface area contributed by atoms with Crippen molar-refractivity contribution in [3.8, 4) is 11.1 Å². The number of carbonyl (C=O) groups excluding carboxylic acids is 2. The summed E-state index contributed by atoms with van der Waals surface area (Å²) in [6.07, 6.45) is -0.984. The van der Waals surface area contributed by atoms with Gasteiger partial charge in [0.15, 0.2) is 11.8 Å². The Hall–Kier alpha value is -3.93. The van der Waals surface area contributed by atoms with Crippen molar-refractivity contribution < 1.29 is 14.3 Å². The Labute approximate surface area is 167 Å². The molecule has 0 aliphatic carbocycles. The van der Waals surface area contributed by atoms with Crippen molar-refractivity contribution >= 4 is 28.5 Å². The lowest BCUT2D eigenvalue weighted by molar-refractivity contribution is -0.123. The Morgan fingerprint density at radius 3 is 2.45 bits per heavy atom. The molecule has 0 spiro atoms. The highest BCUT2D eigenvalue weighted by molar-refractivity contribution is 6.04. The average molecular weight is 385 g/mol. The third-order valence-electron chi connectivity index (χ3n) is 4.59. The van der Waals surface area contributed by atoms with Crippen LogP contribution < -0.4 is 5.32 Å². The van der Waals surface area contributed by atoms with Crippen LogP contribution in [0.1, 0.15) is 17.4 Å². The van der Waals surface area contributed by atoms with Crippen LogP contribution in [0.5, 0.6) is 0 Å². The first-order valence-electron chi connectivity index (χ1n) is 9.23. The predicted octanol–water partition coefficient (Wildman–Crippen LogP) is 4.41. The summed E-state index contributed by atoms with van der Waals surface area (Å²) in [5.41, 5.74) is 3.41. The molecule has 1 amide bonds. The third kappa shape index (κ3) is 3.87. The Balaban J connectivity index is 1.49. The highest BCUT2D eigenvalue weighted by Gasteiger charge is 2.23. The second-order valence-electron chi connectivity index (χ2n) is 6.57. The summed E-state index contributed by atoms with van der Waals surface area (Å²) in [6, 6.07) is 24.5. The molecule has 0 radical (unpaired) electrons. The zero-order valence-electron chi connectivity index (χ0n) is 15.8. The standard InChI is InChI=1S/C23H19N3O3/c1-15(29-23(28)21-18-12-6-8-14-20(18)25-26-21)22(27)24-19-13-7-5-11-17(19)16-9-3-2-4-10-16/h2-15H,1H3,(H,24,27)(H,25,26). The molecule has 0 bridgehead atoms. The number of rotatable bonds is 5. The fourth-order valence-electron chi connectivity index (χ4n) is 3.08. The quantitative estimate of drug-likeness (QED) is 0.498. The van der Waals surface area contributed by atoms with E-state index in [-0.39, 0.29) is 5.69 Å². The van der Waals surface area contributed by atoms with Crippen LogP contribution in [-0.2, 0) is 9.53 Å². The molecule has 1 aromatic heterocycles. The first-order valence-corrected chi connectivity index (χ1v) is 9.23. The van der Waals surface area contributed by atoms with Gasteiger partial charge in [0.1, 0.15) is 0 Å². The molecule has 2 N–H and O–H groups in total.